The van der Waals surface area contributed by atoms with Crippen LogP contribution in [0.5, 0.6) is 0 Å². The van der Waals surface area contributed by atoms with Crippen LogP contribution in [-0.4, -0.2) is 35.6 Å². The van der Waals surface area contributed by atoms with E-state index >= 15 is 4.39 Å². The number of anilines is 1. The molecule has 0 saturated heterocycles. The standard InChI is InChI=1S/C30H35FN4O3/c1-18(2)17-22(30(29(32)38)15-9-10-16-30)27(36)34-26-28(37)35(19(3)4)24-14-8-6-12-21(24)25(33-26)20-11-5-7-13-23(20)31/h5-14,18-19,22,26H,15-17H2,1-4H3,(H2,32,38)(H,34,36). The van der Waals surface area contributed by atoms with Gasteiger partial charge >= 0.3 is 0 Å². The van der Waals surface area contributed by atoms with Gasteiger partial charge in [-0.25, -0.2) is 9.38 Å². The third-order valence-electron chi connectivity index (χ3n) is 7.38. The molecule has 4 rings (SSSR count). The second-order valence-electron chi connectivity index (χ2n) is 10.8. The highest BCUT2D eigenvalue weighted by Gasteiger charge is 2.49. The molecule has 0 bridgehead atoms. The predicted octanol–water partition coefficient (Wildman–Crippen LogP) is 4.34. The maximum atomic E-state index is 15.0. The highest BCUT2D eigenvalue weighted by molar-refractivity contribution is 6.20. The minimum absolute atomic E-state index is 0.0984. The fraction of sp³-hybridized carbons (Fsp3) is 0.400. The van der Waals surface area contributed by atoms with Crippen molar-refractivity contribution in [1.82, 2.24) is 5.32 Å². The number of para-hydroxylation sites is 1. The quantitative estimate of drug-likeness (QED) is 0.508. The van der Waals surface area contributed by atoms with E-state index in [1.807, 2.05) is 45.9 Å². The molecule has 38 heavy (non-hydrogen) atoms. The molecule has 2 aliphatic rings. The number of fused-ring (bicyclic) bond motifs is 1. The van der Waals surface area contributed by atoms with Gasteiger partial charge in [-0.2, -0.15) is 0 Å². The van der Waals surface area contributed by atoms with Crippen molar-refractivity contribution in [3.63, 3.8) is 0 Å². The summed E-state index contributed by atoms with van der Waals surface area (Å²) in [6, 6.07) is 13.2. The first kappa shape index (κ1) is 27.2. The summed E-state index contributed by atoms with van der Waals surface area (Å²) in [6.07, 6.45) is 3.55. The molecule has 0 saturated carbocycles. The van der Waals surface area contributed by atoms with Gasteiger partial charge in [-0.1, -0.05) is 56.3 Å². The van der Waals surface area contributed by atoms with Crippen LogP contribution in [0, 0.1) is 23.1 Å². The van der Waals surface area contributed by atoms with E-state index in [9.17, 15) is 14.4 Å². The maximum Gasteiger partial charge on any atom is 0.272 e. The van der Waals surface area contributed by atoms with E-state index in [2.05, 4.69) is 10.3 Å². The van der Waals surface area contributed by atoms with Crippen LogP contribution in [0.1, 0.15) is 58.1 Å². The molecule has 0 spiro atoms. The number of aliphatic imine (C=N–C) groups is 1. The van der Waals surface area contributed by atoms with Crippen molar-refractivity contribution in [1.29, 1.82) is 0 Å². The molecule has 3 amide bonds. The third kappa shape index (κ3) is 4.99. The number of benzene rings is 2. The van der Waals surface area contributed by atoms with E-state index in [4.69, 9.17) is 5.73 Å². The molecule has 2 atom stereocenters. The number of rotatable bonds is 8. The Balaban J connectivity index is 1.82. The molecule has 7 nitrogen and oxygen atoms in total. The minimum Gasteiger partial charge on any atom is -0.369 e. The second kappa shape index (κ2) is 10.9. The molecule has 0 aromatic heterocycles. The van der Waals surface area contributed by atoms with Gasteiger partial charge in [0.05, 0.1) is 22.7 Å². The van der Waals surface area contributed by atoms with Gasteiger partial charge in [0.15, 0.2) is 0 Å². The Bertz CT molecular complexity index is 1290. The average molecular weight is 519 g/mol. The van der Waals surface area contributed by atoms with E-state index in [0.717, 1.165) is 0 Å². The van der Waals surface area contributed by atoms with Crippen LogP contribution < -0.4 is 16.0 Å². The molecule has 8 heteroatoms. The predicted molar refractivity (Wildman–Crippen MR) is 146 cm³/mol. The fourth-order valence-electron chi connectivity index (χ4n) is 5.50. The number of halogens is 1. The Morgan fingerprint density at radius 2 is 1.66 bits per heavy atom. The van der Waals surface area contributed by atoms with E-state index < -0.39 is 41.0 Å². The molecular formula is C30H35FN4O3. The van der Waals surface area contributed by atoms with Crippen LogP contribution in [0.15, 0.2) is 65.7 Å². The minimum atomic E-state index is -1.32. The molecule has 0 radical (unpaired) electrons. The number of nitrogens with zero attached hydrogens (tertiary/aromatic N) is 2. The zero-order valence-electron chi connectivity index (χ0n) is 22.3. The van der Waals surface area contributed by atoms with Crippen LogP contribution >= 0.6 is 0 Å². The van der Waals surface area contributed by atoms with Crippen molar-refractivity contribution in [2.24, 2.45) is 28.0 Å². The van der Waals surface area contributed by atoms with Gasteiger partial charge in [-0.3, -0.25) is 14.4 Å². The van der Waals surface area contributed by atoms with Gasteiger partial charge in [0, 0.05) is 17.2 Å². The Hall–Kier alpha value is -3.81. The number of primary amides is 1. The fourth-order valence-corrected chi connectivity index (χ4v) is 5.50. The number of allylic oxidation sites excluding steroid dienone is 2. The summed E-state index contributed by atoms with van der Waals surface area (Å²) in [7, 11) is 0. The molecule has 0 fully saturated rings. The van der Waals surface area contributed by atoms with Crippen molar-refractivity contribution in [3.05, 3.63) is 77.6 Å². The zero-order valence-corrected chi connectivity index (χ0v) is 22.3. The van der Waals surface area contributed by atoms with Gasteiger partial charge < -0.3 is 16.0 Å². The molecule has 1 aliphatic heterocycles. The van der Waals surface area contributed by atoms with Crippen molar-refractivity contribution in [2.45, 2.75) is 59.2 Å². The molecule has 2 unspecified atom stereocenters. The second-order valence-corrected chi connectivity index (χ2v) is 10.8. The van der Waals surface area contributed by atoms with Gasteiger partial charge in [-0.15, -0.1) is 0 Å². The van der Waals surface area contributed by atoms with Crippen LogP contribution in [0.2, 0.25) is 0 Å². The first-order chi connectivity index (χ1) is 18.1. The molecular weight excluding hydrogens is 483 g/mol. The number of hydrogen-bond donors (Lipinski definition) is 2. The maximum absolute atomic E-state index is 15.0. The van der Waals surface area contributed by atoms with E-state index in [1.54, 1.807) is 41.3 Å². The summed E-state index contributed by atoms with van der Waals surface area (Å²) in [6.45, 7) is 7.68. The lowest BCUT2D eigenvalue weighted by molar-refractivity contribution is -0.141. The first-order valence-electron chi connectivity index (χ1n) is 13.1. The molecule has 200 valence electrons. The average Bonchev–Trinajstić information content (AvgIpc) is 3.33. The van der Waals surface area contributed by atoms with Crippen molar-refractivity contribution < 1.29 is 18.8 Å². The van der Waals surface area contributed by atoms with Crippen molar-refractivity contribution in [2.75, 3.05) is 4.90 Å². The third-order valence-corrected chi connectivity index (χ3v) is 7.38. The van der Waals surface area contributed by atoms with Crippen LogP contribution in [-0.2, 0) is 14.4 Å². The lowest BCUT2D eigenvalue weighted by Crippen LogP contribution is -2.54. The number of carbonyl (C=O) groups excluding carboxylic acids is 3. The summed E-state index contributed by atoms with van der Waals surface area (Å²) in [4.78, 5) is 46.8. The van der Waals surface area contributed by atoms with E-state index in [1.165, 1.54) is 6.07 Å². The van der Waals surface area contributed by atoms with Crippen LogP contribution in [0.3, 0.4) is 0 Å². The zero-order chi connectivity index (χ0) is 27.6. The first-order valence-corrected chi connectivity index (χ1v) is 13.1. The van der Waals surface area contributed by atoms with Crippen molar-refractivity contribution >= 4 is 29.1 Å². The molecule has 1 aliphatic carbocycles. The molecule has 2 aromatic rings. The lowest BCUT2D eigenvalue weighted by Gasteiger charge is -2.36. The lowest BCUT2D eigenvalue weighted by atomic mass is 9.69. The topological polar surface area (TPSA) is 105 Å². The summed E-state index contributed by atoms with van der Waals surface area (Å²) < 4.78 is 15.0. The van der Waals surface area contributed by atoms with Gasteiger partial charge in [0.2, 0.25) is 18.0 Å². The Labute approximate surface area is 223 Å². The Kier molecular flexibility index (Phi) is 7.81. The van der Waals surface area contributed by atoms with Crippen LogP contribution in [0.4, 0.5) is 10.1 Å². The van der Waals surface area contributed by atoms with Gasteiger partial charge in [-0.05, 0) is 57.2 Å². The highest BCUT2D eigenvalue weighted by Crippen LogP contribution is 2.43. The number of benzodiazepines with no additional fused rings is 1. The highest BCUT2D eigenvalue weighted by atomic mass is 19.1. The largest absolute Gasteiger partial charge is 0.369 e. The Morgan fingerprint density at radius 1 is 1.05 bits per heavy atom. The normalized spacial score (nSPS) is 19.2. The number of amides is 3. The van der Waals surface area contributed by atoms with Gasteiger partial charge in [0.1, 0.15) is 5.82 Å². The number of nitrogens with one attached hydrogen (secondary N) is 1. The van der Waals surface area contributed by atoms with E-state index in [-0.39, 0.29) is 23.2 Å². The monoisotopic (exact) mass is 518 g/mol. The van der Waals surface area contributed by atoms with Crippen LogP contribution in [0.25, 0.3) is 0 Å². The van der Waals surface area contributed by atoms with E-state index in [0.29, 0.717) is 30.5 Å². The number of hydrogen-bond acceptors (Lipinski definition) is 4. The SMILES string of the molecule is CC(C)CC(C(=O)NC1N=C(c2ccccc2F)c2ccccc2N(C(C)C)C1=O)C1(C(N)=O)CC=CC1. The van der Waals surface area contributed by atoms with Crippen molar-refractivity contribution in [3.8, 4) is 0 Å². The summed E-state index contributed by atoms with van der Waals surface area (Å²) in [5.74, 6) is -2.59. The summed E-state index contributed by atoms with van der Waals surface area (Å²) >= 11 is 0. The summed E-state index contributed by atoms with van der Waals surface area (Å²) in [5, 5.41) is 2.83. The smallest absolute Gasteiger partial charge is 0.272 e. The molecule has 2 aromatic carbocycles. The number of carbonyl (C=O) groups is 3. The van der Waals surface area contributed by atoms with Gasteiger partial charge in [0.25, 0.3) is 5.91 Å². The number of nitrogens with two attached hydrogens (primary N) is 1. The molecule has 1 heterocycles. The Morgan fingerprint density at radius 3 is 2.24 bits per heavy atom. The summed E-state index contributed by atoms with van der Waals surface area (Å²) in [5.41, 5.74) is 6.46. The molecule has 3 N–H and O–H groups in total.